The molecule has 26 heavy (non-hydrogen) atoms. The molecule has 2 fully saturated rings. The van der Waals surface area contributed by atoms with Crippen LogP contribution in [0, 0.1) is 5.92 Å². The molecule has 1 spiro atoms. The summed E-state index contributed by atoms with van der Waals surface area (Å²) in [6.45, 7) is 2.48. The second kappa shape index (κ2) is 7.94. The molecule has 2 aliphatic rings. The number of halogens is 1. The molecular weight excluding hydrogens is 356 g/mol. The van der Waals surface area contributed by atoms with Gasteiger partial charge in [0.25, 0.3) is 5.91 Å². The molecule has 0 bridgehead atoms. The third-order valence-corrected chi connectivity index (χ3v) is 5.51. The van der Waals surface area contributed by atoms with E-state index in [1.807, 2.05) is 12.1 Å². The van der Waals surface area contributed by atoms with E-state index in [1.165, 1.54) is 0 Å². The van der Waals surface area contributed by atoms with Gasteiger partial charge in [-0.3, -0.25) is 9.69 Å². The van der Waals surface area contributed by atoms with Gasteiger partial charge in [0, 0.05) is 5.02 Å². The van der Waals surface area contributed by atoms with Crippen LogP contribution >= 0.6 is 11.6 Å². The van der Waals surface area contributed by atoms with E-state index >= 15 is 0 Å². The molecule has 1 aromatic rings. The Hall–Kier alpha value is -1.63. The van der Waals surface area contributed by atoms with E-state index in [-0.39, 0.29) is 19.1 Å². The number of benzene rings is 1. The van der Waals surface area contributed by atoms with Crippen LogP contribution in [-0.4, -0.2) is 46.7 Å². The Morgan fingerprint density at radius 1 is 1.31 bits per heavy atom. The Bertz CT molecular complexity index is 656. The minimum Gasteiger partial charge on any atom is -0.389 e. The zero-order chi connectivity index (χ0) is 18.7. The fraction of sp³-hybridized carbons (Fsp3) is 0.579. The van der Waals surface area contributed by atoms with Crippen LogP contribution in [0.4, 0.5) is 4.79 Å². The van der Waals surface area contributed by atoms with Crippen molar-refractivity contribution in [3.63, 3.8) is 0 Å². The first-order valence-corrected chi connectivity index (χ1v) is 9.42. The van der Waals surface area contributed by atoms with E-state index in [0.717, 1.165) is 23.3 Å². The summed E-state index contributed by atoms with van der Waals surface area (Å²) < 4.78 is 5.49. The largest absolute Gasteiger partial charge is 0.389 e. The monoisotopic (exact) mass is 380 g/mol. The third kappa shape index (κ3) is 4.19. The number of imide groups is 1. The summed E-state index contributed by atoms with van der Waals surface area (Å²) in [6, 6.07) is 6.82. The van der Waals surface area contributed by atoms with Gasteiger partial charge in [0.1, 0.15) is 5.54 Å². The van der Waals surface area contributed by atoms with Crippen molar-refractivity contribution < 1.29 is 19.4 Å². The maximum atomic E-state index is 12.7. The maximum Gasteiger partial charge on any atom is 0.325 e. The molecule has 1 heterocycles. The van der Waals surface area contributed by atoms with Crippen molar-refractivity contribution in [3.8, 4) is 0 Å². The topological polar surface area (TPSA) is 78.9 Å². The van der Waals surface area contributed by atoms with E-state index in [0.29, 0.717) is 30.4 Å². The minimum atomic E-state index is -0.922. The smallest absolute Gasteiger partial charge is 0.325 e. The van der Waals surface area contributed by atoms with Crippen LogP contribution < -0.4 is 5.32 Å². The number of hydrogen-bond donors (Lipinski definition) is 2. The first-order chi connectivity index (χ1) is 12.4. The third-order valence-electron chi connectivity index (χ3n) is 5.26. The lowest BCUT2D eigenvalue weighted by molar-refractivity contribution is -0.134. The number of aliphatic hydroxyl groups is 1. The number of urea groups is 1. The Balaban J connectivity index is 1.49. The van der Waals surface area contributed by atoms with Gasteiger partial charge in [0.05, 0.1) is 25.9 Å². The Kier molecular flexibility index (Phi) is 5.85. The normalized spacial score (nSPS) is 27.0. The number of nitrogens with zero attached hydrogens (tertiary/aromatic N) is 1. The first-order valence-electron chi connectivity index (χ1n) is 9.04. The molecule has 142 valence electrons. The van der Waals surface area contributed by atoms with Crippen LogP contribution in [0.3, 0.4) is 0 Å². The lowest BCUT2D eigenvalue weighted by atomic mass is 9.77. The van der Waals surface area contributed by atoms with Gasteiger partial charge < -0.3 is 15.2 Å². The fourth-order valence-corrected chi connectivity index (χ4v) is 3.72. The summed E-state index contributed by atoms with van der Waals surface area (Å²) in [7, 11) is 0. The summed E-state index contributed by atoms with van der Waals surface area (Å²) in [4.78, 5) is 26.1. The number of carbonyl (C=O) groups excluding carboxylic acids is 2. The number of rotatable bonds is 6. The highest BCUT2D eigenvalue weighted by Crippen LogP contribution is 2.36. The van der Waals surface area contributed by atoms with Gasteiger partial charge in [-0.05, 0) is 49.3 Å². The van der Waals surface area contributed by atoms with E-state index in [1.54, 1.807) is 12.1 Å². The van der Waals surface area contributed by atoms with E-state index < -0.39 is 17.7 Å². The van der Waals surface area contributed by atoms with Gasteiger partial charge in [-0.15, -0.1) is 0 Å². The summed E-state index contributed by atoms with van der Waals surface area (Å²) in [5, 5.41) is 13.7. The molecule has 3 amide bonds. The summed E-state index contributed by atoms with van der Waals surface area (Å²) in [6.07, 6.45) is 2.26. The average molecular weight is 381 g/mol. The number of β-amino-alcohol motifs (C(OH)–C–C–N with tert-alkyl or cyclic N) is 1. The molecule has 1 atom stereocenters. The highest BCUT2D eigenvalue weighted by molar-refractivity contribution is 6.30. The summed E-state index contributed by atoms with van der Waals surface area (Å²) in [5.41, 5.74) is 0.167. The van der Waals surface area contributed by atoms with Crippen molar-refractivity contribution in [2.75, 3.05) is 13.2 Å². The summed E-state index contributed by atoms with van der Waals surface area (Å²) >= 11 is 5.83. The van der Waals surface area contributed by atoms with Gasteiger partial charge in [0.2, 0.25) is 0 Å². The van der Waals surface area contributed by atoms with Gasteiger partial charge >= 0.3 is 6.03 Å². The number of amides is 3. The van der Waals surface area contributed by atoms with Crippen LogP contribution in [0.25, 0.3) is 0 Å². The van der Waals surface area contributed by atoms with Crippen molar-refractivity contribution in [2.45, 2.75) is 50.9 Å². The molecule has 7 heteroatoms. The second-order valence-corrected chi connectivity index (χ2v) is 7.84. The minimum absolute atomic E-state index is 0.0454. The van der Waals surface area contributed by atoms with E-state index in [2.05, 4.69) is 12.2 Å². The van der Waals surface area contributed by atoms with Crippen LogP contribution in [0.1, 0.15) is 38.2 Å². The quantitative estimate of drug-likeness (QED) is 0.744. The number of hydrogen-bond acceptors (Lipinski definition) is 4. The first kappa shape index (κ1) is 19.1. The van der Waals surface area contributed by atoms with E-state index in [4.69, 9.17) is 16.3 Å². The van der Waals surface area contributed by atoms with Crippen molar-refractivity contribution in [1.82, 2.24) is 10.2 Å². The van der Waals surface area contributed by atoms with Crippen molar-refractivity contribution in [1.29, 1.82) is 0 Å². The highest BCUT2D eigenvalue weighted by Gasteiger charge is 2.52. The number of nitrogens with one attached hydrogen (secondary N) is 1. The molecule has 0 aromatic heterocycles. The predicted octanol–water partition coefficient (Wildman–Crippen LogP) is 2.72. The summed E-state index contributed by atoms with van der Waals surface area (Å²) in [5.74, 6) is 0.359. The van der Waals surface area contributed by atoms with Gasteiger partial charge in [-0.1, -0.05) is 30.7 Å². The van der Waals surface area contributed by atoms with Gasteiger partial charge in [-0.2, -0.15) is 0 Å². The van der Waals surface area contributed by atoms with Crippen molar-refractivity contribution >= 4 is 23.5 Å². The maximum absolute atomic E-state index is 12.7. The molecule has 1 saturated heterocycles. The zero-order valence-electron chi connectivity index (χ0n) is 14.9. The Morgan fingerprint density at radius 2 is 1.96 bits per heavy atom. The fourth-order valence-electron chi connectivity index (χ4n) is 3.59. The molecule has 2 N–H and O–H groups in total. The number of aliphatic hydroxyl groups excluding tert-OH is 1. The molecule has 1 saturated carbocycles. The molecule has 6 nitrogen and oxygen atoms in total. The molecule has 1 unspecified atom stereocenters. The van der Waals surface area contributed by atoms with Crippen molar-refractivity contribution in [2.24, 2.45) is 5.92 Å². The Morgan fingerprint density at radius 3 is 2.62 bits per heavy atom. The molecule has 0 radical (unpaired) electrons. The lowest BCUT2D eigenvalue weighted by Gasteiger charge is -2.33. The van der Waals surface area contributed by atoms with Crippen LogP contribution in [0.5, 0.6) is 0 Å². The van der Waals surface area contributed by atoms with Crippen LogP contribution in [-0.2, 0) is 16.1 Å². The van der Waals surface area contributed by atoms with E-state index in [9.17, 15) is 14.7 Å². The van der Waals surface area contributed by atoms with Crippen molar-refractivity contribution in [3.05, 3.63) is 34.9 Å². The second-order valence-electron chi connectivity index (χ2n) is 7.41. The molecule has 1 aliphatic carbocycles. The number of carbonyl (C=O) groups is 2. The van der Waals surface area contributed by atoms with Gasteiger partial charge in [-0.25, -0.2) is 4.79 Å². The standard InChI is InChI=1S/C19H25ClN2O4/c1-13-6-8-19(9-7-13)17(24)22(18(25)21-19)10-16(23)12-26-11-14-2-4-15(20)5-3-14/h2-5,13,16,23H,6-12H2,1H3,(H,21,25). The predicted molar refractivity (Wildman–Crippen MR) is 97.7 cm³/mol. The number of ether oxygens (including phenoxy) is 1. The molecular formula is C19H25ClN2O4. The molecule has 3 rings (SSSR count). The SMILES string of the molecule is CC1CCC2(CC1)NC(=O)N(CC(O)COCc1ccc(Cl)cc1)C2=O. The molecule has 1 aliphatic heterocycles. The zero-order valence-corrected chi connectivity index (χ0v) is 15.7. The lowest BCUT2D eigenvalue weighted by Crippen LogP contribution is -2.49. The van der Waals surface area contributed by atoms with Gasteiger partial charge in [0.15, 0.2) is 0 Å². The highest BCUT2D eigenvalue weighted by atomic mass is 35.5. The van der Waals surface area contributed by atoms with Crippen LogP contribution in [0.15, 0.2) is 24.3 Å². The Labute approximate surface area is 158 Å². The van der Waals surface area contributed by atoms with Crippen LogP contribution in [0.2, 0.25) is 5.02 Å². The molecule has 1 aromatic carbocycles. The average Bonchev–Trinajstić information content (AvgIpc) is 2.84.